The monoisotopic (exact) mass is 183 g/mol. The van der Waals surface area contributed by atoms with E-state index in [1.54, 1.807) is 0 Å². The molecule has 0 heterocycles. The van der Waals surface area contributed by atoms with Crippen LogP contribution in [0.4, 0.5) is 0 Å². The van der Waals surface area contributed by atoms with Gasteiger partial charge in [0.2, 0.25) is 0 Å². The van der Waals surface area contributed by atoms with Crippen LogP contribution in [0.25, 0.3) is 0 Å². The summed E-state index contributed by atoms with van der Waals surface area (Å²) < 4.78 is 0. The fourth-order valence-electron chi connectivity index (χ4n) is 1.24. The summed E-state index contributed by atoms with van der Waals surface area (Å²) in [6.45, 7) is 10.1. The molecule has 0 aliphatic rings. The molecule has 1 atom stereocenters. The van der Waals surface area contributed by atoms with E-state index >= 15 is 0 Å². The van der Waals surface area contributed by atoms with Crippen LogP contribution in [0.5, 0.6) is 0 Å². The highest BCUT2D eigenvalue weighted by Crippen LogP contribution is 2.07. The Kier molecular flexibility index (Phi) is 4.97. The largest absolute Gasteiger partial charge is 0.302 e. The maximum atomic E-state index is 8.97. The Balaban J connectivity index is 4.30. The first-order valence-electron chi connectivity index (χ1n) is 4.83. The number of nitrogens with zero attached hydrogens (tertiary/aromatic N) is 2. The number of nitrogens with one attached hydrogen (secondary N) is 1. The summed E-state index contributed by atoms with van der Waals surface area (Å²) in [6.07, 6.45) is 0. The van der Waals surface area contributed by atoms with Crippen LogP contribution in [-0.4, -0.2) is 36.6 Å². The Morgan fingerprint density at radius 1 is 1.54 bits per heavy atom. The van der Waals surface area contributed by atoms with Crippen LogP contribution >= 0.6 is 0 Å². The molecular formula is C10H21N3. The SMILES string of the molecule is CCN(CC(C)(C#N)NC)C(C)C. The van der Waals surface area contributed by atoms with Gasteiger partial charge in [-0.3, -0.25) is 4.90 Å². The molecule has 0 aliphatic heterocycles. The van der Waals surface area contributed by atoms with Gasteiger partial charge in [0.25, 0.3) is 0 Å². The van der Waals surface area contributed by atoms with Crippen LogP contribution < -0.4 is 5.32 Å². The van der Waals surface area contributed by atoms with Gasteiger partial charge in [-0.15, -0.1) is 0 Å². The molecule has 0 saturated heterocycles. The highest BCUT2D eigenvalue weighted by atomic mass is 15.2. The molecule has 0 aromatic carbocycles. The number of rotatable bonds is 5. The molecule has 3 heteroatoms. The quantitative estimate of drug-likeness (QED) is 0.696. The van der Waals surface area contributed by atoms with E-state index in [-0.39, 0.29) is 0 Å². The van der Waals surface area contributed by atoms with Gasteiger partial charge in [-0.1, -0.05) is 6.92 Å². The lowest BCUT2D eigenvalue weighted by Crippen LogP contribution is -2.50. The summed E-state index contributed by atoms with van der Waals surface area (Å²) in [5.41, 5.74) is -0.430. The molecule has 1 N–H and O–H groups in total. The van der Waals surface area contributed by atoms with Crippen LogP contribution in [-0.2, 0) is 0 Å². The van der Waals surface area contributed by atoms with Gasteiger partial charge in [0.15, 0.2) is 0 Å². The van der Waals surface area contributed by atoms with Crippen LogP contribution in [0.3, 0.4) is 0 Å². The van der Waals surface area contributed by atoms with Gasteiger partial charge in [-0.05, 0) is 34.4 Å². The highest BCUT2D eigenvalue weighted by Gasteiger charge is 2.25. The molecule has 0 saturated carbocycles. The first-order valence-corrected chi connectivity index (χ1v) is 4.83. The van der Waals surface area contributed by atoms with E-state index in [0.29, 0.717) is 6.04 Å². The van der Waals surface area contributed by atoms with E-state index in [1.165, 1.54) is 0 Å². The molecule has 0 amide bonds. The van der Waals surface area contributed by atoms with Crippen molar-refractivity contribution < 1.29 is 0 Å². The first kappa shape index (κ1) is 12.4. The third-order valence-electron chi connectivity index (χ3n) is 2.45. The summed E-state index contributed by atoms with van der Waals surface area (Å²) in [5.74, 6) is 0. The second-order valence-electron chi connectivity index (χ2n) is 3.85. The normalized spacial score (nSPS) is 15.8. The molecule has 0 aliphatic carbocycles. The van der Waals surface area contributed by atoms with Crippen molar-refractivity contribution in [2.24, 2.45) is 0 Å². The second kappa shape index (κ2) is 5.21. The van der Waals surface area contributed by atoms with E-state index in [1.807, 2.05) is 14.0 Å². The van der Waals surface area contributed by atoms with Crippen LogP contribution in [0, 0.1) is 11.3 Å². The Labute approximate surface area is 81.7 Å². The number of hydrogen-bond donors (Lipinski definition) is 1. The molecule has 1 unspecified atom stereocenters. The second-order valence-corrected chi connectivity index (χ2v) is 3.85. The molecule has 0 aromatic heterocycles. The third kappa shape index (κ3) is 3.75. The highest BCUT2D eigenvalue weighted by molar-refractivity contribution is 5.05. The predicted molar refractivity (Wildman–Crippen MR) is 55.5 cm³/mol. The maximum absolute atomic E-state index is 8.97. The summed E-state index contributed by atoms with van der Waals surface area (Å²) in [5, 5.41) is 12.0. The lowest BCUT2D eigenvalue weighted by Gasteiger charge is -2.32. The minimum Gasteiger partial charge on any atom is -0.302 e. The lowest BCUT2D eigenvalue weighted by molar-refractivity contribution is 0.193. The topological polar surface area (TPSA) is 39.1 Å². The zero-order chi connectivity index (χ0) is 10.5. The number of hydrogen-bond acceptors (Lipinski definition) is 3. The van der Waals surface area contributed by atoms with E-state index in [2.05, 4.69) is 37.1 Å². The molecule has 13 heavy (non-hydrogen) atoms. The summed E-state index contributed by atoms with van der Waals surface area (Å²) in [6, 6.07) is 2.79. The smallest absolute Gasteiger partial charge is 0.116 e. The van der Waals surface area contributed by atoms with E-state index < -0.39 is 5.54 Å². The van der Waals surface area contributed by atoms with E-state index in [4.69, 9.17) is 5.26 Å². The van der Waals surface area contributed by atoms with Crippen molar-refractivity contribution in [3.8, 4) is 6.07 Å². The molecule has 0 fully saturated rings. The minimum absolute atomic E-state index is 0.430. The van der Waals surface area contributed by atoms with Gasteiger partial charge < -0.3 is 5.32 Å². The minimum atomic E-state index is -0.430. The molecule has 0 rings (SSSR count). The maximum Gasteiger partial charge on any atom is 0.116 e. The van der Waals surface area contributed by atoms with Crippen molar-refractivity contribution in [2.45, 2.75) is 39.3 Å². The molecule has 3 nitrogen and oxygen atoms in total. The lowest BCUT2D eigenvalue weighted by atomic mass is 10.0. The van der Waals surface area contributed by atoms with Crippen molar-refractivity contribution in [3.05, 3.63) is 0 Å². The van der Waals surface area contributed by atoms with Gasteiger partial charge in [-0.25, -0.2) is 0 Å². The van der Waals surface area contributed by atoms with Crippen molar-refractivity contribution in [2.75, 3.05) is 20.1 Å². The van der Waals surface area contributed by atoms with E-state index in [0.717, 1.165) is 13.1 Å². The molecular weight excluding hydrogens is 162 g/mol. The molecule has 76 valence electrons. The molecule has 0 spiro atoms. The van der Waals surface area contributed by atoms with Crippen molar-refractivity contribution in [1.82, 2.24) is 10.2 Å². The average Bonchev–Trinajstić information content (AvgIpc) is 2.13. The van der Waals surface area contributed by atoms with Crippen LogP contribution in [0.2, 0.25) is 0 Å². The van der Waals surface area contributed by atoms with Crippen LogP contribution in [0.1, 0.15) is 27.7 Å². The standard InChI is InChI=1S/C10H21N3/c1-6-13(9(2)3)8-10(4,7-11)12-5/h9,12H,6,8H2,1-5H3. The van der Waals surface area contributed by atoms with Crippen molar-refractivity contribution >= 4 is 0 Å². The van der Waals surface area contributed by atoms with Gasteiger partial charge in [0, 0.05) is 12.6 Å². The van der Waals surface area contributed by atoms with Crippen LogP contribution in [0.15, 0.2) is 0 Å². The predicted octanol–water partition coefficient (Wildman–Crippen LogP) is 1.22. The summed E-state index contributed by atoms with van der Waals surface area (Å²) >= 11 is 0. The Morgan fingerprint density at radius 3 is 2.31 bits per heavy atom. The Morgan fingerprint density at radius 2 is 2.08 bits per heavy atom. The molecule has 0 bridgehead atoms. The first-order chi connectivity index (χ1) is 5.99. The van der Waals surface area contributed by atoms with E-state index in [9.17, 15) is 0 Å². The van der Waals surface area contributed by atoms with Crippen molar-refractivity contribution in [3.63, 3.8) is 0 Å². The fourth-order valence-corrected chi connectivity index (χ4v) is 1.24. The van der Waals surface area contributed by atoms with Gasteiger partial charge in [0.05, 0.1) is 6.07 Å². The van der Waals surface area contributed by atoms with Crippen molar-refractivity contribution in [1.29, 1.82) is 5.26 Å². The molecule has 0 radical (unpaired) electrons. The third-order valence-corrected chi connectivity index (χ3v) is 2.45. The number of likely N-dealkylation sites (N-methyl/N-ethyl adjacent to an activating group) is 2. The number of nitriles is 1. The zero-order valence-corrected chi connectivity index (χ0v) is 9.39. The Bertz CT molecular complexity index is 183. The van der Waals surface area contributed by atoms with Gasteiger partial charge in [0.1, 0.15) is 5.54 Å². The fraction of sp³-hybridized carbons (Fsp3) is 0.900. The summed E-state index contributed by atoms with van der Waals surface area (Å²) in [7, 11) is 1.83. The zero-order valence-electron chi connectivity index (χ0n) is 9.39. The summed E-state index contributed by atoms with van der Waals surface area (Å²) in [4.78, 5) is 2.28. The Hall–Kier alpha value is -0.590. The van der Waals surface area contributed by atoms with Gasteiger partial charge >= 0.3 is 0 Å². The molecule has 0 aromatic rings. The average molecular weight is 183 g/mol. The van der Waals surface area contributed by atoms with Gasteiger partial charge in [-0.2, -0.15) is 5.26 Å².